The second kappa shape index (κ2) is 6.48. The molecule has 21 heavy (non-hydrogen) atoms. The summed E-state index contributed by atoms with van der Waals surface area (Å²) >= 11 is 0. The quantitative estimate of drug-likeness (QED) is 0.894. The van der Waals surface area contributed by atoms with Gasteiger partial charge in [-0.25, -0.2) is 0 Å². The van der Waals surface area contributed by atoms with E-state index in [2.05, 4.69) is 34.7 Å². The molecule has 0 spiro atoms. The molecule has 2 aliphatic rings. The Morgan fingerprint density at radius 2 is 2.05 bits per heavy atom. The summed E-state index contributed by atoms with van der Waals surface area (Å²) in [6.45, 7) is 4.01. The molecule has 4 nitrogen and oxygen atoms in total. The number of piperidine rings is 1. The van der Waals surface area contributed by atoms with Crippen LogP contribution in [0.4, 0.5) is 5.69 Å². The highest BCUT2D eigenvalue weighted by atomic mass is 16.1. The number of fused-ring (bicyclic) bond motifs is 1. The van der Waals surface area contributed by atoms with Crippen LogP contribution in [0.15, 0.2) is 24.3 Å². The number of hydrogen-bond donors (Lipinski definition) is 2. The van der Waals surface area contributed by atoms with E-state index in [0.717, 1.165) is 43.9 Å². The minimum atomic E-state index is 0.00807. The Morgan fingerprint density at radius 3 is 2.86 bits per heavy atom. The van der Waals surface area contributed by atoms with Crippen molar-refractivity contribution in [1.29, 1.82) is 0 Å². The van der Waals surface area contributed by atoms with Crippen LogP contribution in [0.3, 0.4) is 0 Å². The largest absolute Gasteiger partial charge is 0.385 e. The van der Waals surface area contributed by atoms with Crippen LogP contribution in [-0.2, 0) is 4.79 Å². The number of rotatable bonds is 3. The number of carbonyl (C=O) groups excluding carboxylic acids is 1. The lowest BCUT2D eigenvalue weighted by molar-refractivity contribution is -0.123. The summed E-state index contributed by atoms with van der Waals surface area (Å²) in [6, 6.07) is 8.17. The molecule has 0 aromatic heterocycles. The minimum Gasteiger partial charge on any atom is -0.385 e. The Kier molecular flexibility index (Phi) is 4.44. The minimum absolute atomic E-state index is 0.00807. The van der Waals surface area contributed by atoms with Gasteiger partial charge >= 0.3 is 0 Å². The molecule has 0 bridgehead atoms. The Morgan fingerprint density at radius 1 is 1.29 bits per heavy atom. The van der Waals surface area contributed by atoms with Crippen molar-refractivity contribution in [3.8, 4) is 0 Å². The van der Waals surface area contributed by atoms with Crippen LogP contribution in [0, 0.1) is 5.92 Å². The number of hydrogen-bond acceptors (Lipinski definition) is 3. The van der Waals surface area contributed by atoms with Gasteiger partial charge in [-0.1, -0.05) is 18.2 Å². The normalized spacial score (nSPS) is 23.2. The van der Waals surface area contributed by atoms with Gasteiger partial charge in [-0.2, -0.15) is 0 Å². The summed E-state index contributed by atoms with van der Waals surface area (Å²) in [5.41, 5.74) is 2.26. The van der Waals surface area contributed by atoms with Gasteiger partial charge in [0.05, 0.1) is 5.92 Å². The van der Waals surface area contributed by atoms with E-state index >= 15 is 0 Å². The van der Waals surface area contributed by atoms with Gasteiger partial charge in [0.25, 0.3) is 0 Å². The third kappa shape index (κ3) is 3.38. The molecule has 1 amide bonds. The van der Waals surface area contributed by atoms with Crippen LogP contribution in [-0.4, -0.2) is 44.0 Å². The summed E-state index contributed by atoms with van der Waals surface area (Å²) < 4.78 is 0. The van der Waals surface area contributed by atoms with E-state index in [9.17, 15) is 4.79 Å². The van der Waals surface area contributed by atoms with Crippen LogP contribution in [0.25, 0.3) is 0 Å². The fraction of sp³-hybridized carbons (Fsp3) is 0.588. The van der Waals surface area contributed by atoms with E-state index in [4.69, 9.17) is 0 Å². The summed E-state index contributed by atoms with van der Waals surface area (Å²) in [7, 11) is 2.17. The van der Waals surface area contributed by atoms with E-state index in [0.29, 0.717) is 5.92 Å². The maximum atomic E-state index is 12.5. The molecule has 0 radical (unpaired) electrons. The van der Waals surface area contributed by atoms with Crippen LogP contribution in [0.2, 0.25) is 0 Å². The molecule has 1 unspecified atom stereocenters. The van der Waals surface area contributed by atoms with Gasteiger partial charge in [-0.15, -0.1) is 0 Å². The number of nitrogens with zero attached hydrogens (tertiary/aromatic N) is 1. The second-order valence-electron chi connectivity index (χ2n) is 6.35. The van der Waals surface area contributed by atoms with Crippen molar-refractivity contribution < 1.29 is 4.79 Å². The molecule has 4 heteroatoms. The lowest BCUT2D eigenvalue weighted by Gasteiger charge is -2.30. The molecule has 1 fully saturated rings. The average Bonchev–Trinajstić information content (AvgIpc) is 2.53. The van der Waals surface area contributed by atoms with Crippen molar-refractivity contribution >= 4 is 11.6 Å². The highest BCUT2D eigenvalue weighted by Crippen LogP contribution is 2.31. The van der Waals surface area contributed by atoms with Crippen molar-refractivity contribution in [2.75, 3.05) is 38.5 Å². The molecule has 0 saturated carbocycles. The molecule has 0 aliphatic carbocycles. The first-order chi connectivity index (χ1) is 10.2. The molecule has 114 valence electrons. The van der Waals surface area contributed by atoms with E-state index in [-0.39, 0.29) is 11.8 Å². The monoisotopic (exact) mass is 287 g/mol. The molecule has 1 saturated heterocycles. The Balaban J connectivity index is 1.57. The number of carbonyl (C=O) groups is 1. The number of benzene rings is 1. The third-order valence-electron chi connectivity index (χ3n) is 4.80. The molecule has 3 rings (SSSR count). The van der Waals surface area contributed by atoms with E-state index in [1.165, 1.54) is 12.8 Å². The van der Waals surface area contributed by atoms with Crippen LogP contribution in [0.1, 0.15) is 30.7 Å². The fourth-order valence-corrected chi connectivity index (χ4v) is 3.38. The number of nitrogens with one attached hydrogen (secondary N) is 2. The molecule has 2 N–H and O–H groups in total. The molecule has 1 atom stereocenters. The van der Waals surface area contributed by atoms with Gasteiger partial charge in [-0.05, 0) is 56.9 Å². The zero-order valence-corrected chi connectivity index (χ0v) is 12.8. The van der Waals surface area contributed by atoms with Gasteiger partial charge in [-0.3, -0.25) is 4.79 Å². The van der Waals surface area contributed by atoms with Gasteiger partial charge < -0.3 is 15.5 Å². The highest BCUT2D eigenvalue weighted by Gasteiger charge is 2.26. The number of anilines is 1. The Labute approximate surface area is 126 Å². The fourth-order valence-electron chi connectivity index (χ4n) is 3.38. The van der Waals surface area contributed by atoms with Crippen LogP contribution >= 0.6 is 0 Å². The van der Waals surface area contributed by atoms with Gasteiger partial charge in [0.1, 0.15) is 0 Å². The van der Waals surface area contributed by atoms with Crippen molar-refractivity contribution in [3.63, 3.8) is 0 Å². The average molecular weight is 287 g/mol. The predicted octanol–water partition coefficient (Wildman–Crippen LogP) is 2.04. The van der Waals surface area contributed by atoms with Crippen molar-refractivity contribution in [2.24, 2.45) is 5.92 Å². The lowest BCUT2D eigenvalue weighted by atomic mass is 9.90. The first kappa shape index (κ1) is 14.4. The number of para-hydroxylation sites is 1. The first-order valence-electron chi connectivity index (χ1n) is 8.03. The topological polar surface area (TPSA) is 44.4 Å². The maximum absolute atomic E-state index is 12.5. The van der Waals surface area contributed by atoms with Crippen LogP contribution < -0.4 is 10.6 Å². The number of likely N-dealkylation sites (tertiary alicyclic amines) is 1. The standard InChI is InChI=1S/C17H25N3O/c1-20-10-7-13(8-11-20)12-19-17(21)15-6-9-18-16-5-3-2-4-14(15)16/h2-5,13,15,18H,6-12H2,1H3,(H,19,21). The van der Waals surface area contributed by atoms with Crippen molar-refractivity contribution in [2.45, 2.75) is 25.2 Å². The van der Waals surface area contributed by atoms with E-state index in [1.54, 1.807) is 0 Å². The third-order valence-corrected chi connectivity index (χ3v) is 4.80. The van der Waals surface area contributed by atoms with Crippen molar-refractivity contribution in [1.82, 2.24) is 10.2 Å². The summed E-state index contributed by atoms with van der Waals surface area (Å²) in [4.78, 5) is 14.9. The van der Waals surface area contributed by atoms with E-state index in [1.807, 2.05) is 12.1 Å². The maximum Gasteiger partial charge on any atom is 0.227 e. The molecule has 2 aliphatic heterocycles. The van der Waals surface area contributed by atoms with Gasteiger partial charge in [0, 0.05) is 18.8 Å². The summed E-state index contributed by atoms with van der Waals surface area (Å²) in [5, 5.41) is 6.56. The molecule has 1 aromatic carbocycles. The highest BCUT2D eigenvalue weighted by molar-refractivity contribution is 5.86. The second-order valence-corrected chi connectivity index (χ2v) is 6.35. The zero-order chi connectivity index (χ0) is 14.7. The molecular formula is C17H25N3O. The predicted molar refractivity (Wildman–Crippen MR) is 85.5 cm³/mol. The van der Waals surface area contributed by atoms with Gasteiger partial charge in [0.2, 0.25) is 5.91 Å². The van der Waals surface area contributed by atoms with E-state index < -0.39 is 0 Å². The Bertz CT molecular complexity index is 495. The molecule has 1 aromatic rings. The molecule has 2 heterocycles. The smallest absolute Gasteiger partial charge is 0.227 e. The van der Waals surface area contributed by atoms with Crippen LogP contribution in [0.5, 0.6) is 0 Å². The number of amides is 1. The Hall–Kier alpha value is -1.55. The first-order valence-corrected chi connectivity index (χ1v) is 8.03. The summed E-state index contributed by atoms with van der Waals surface area (Å²) in [5.74, 6) is 0.846. The van der Waals surface area contributed by atoms with Gasteiger partial charge in [0.15, 0.2) is 0 Å². The van der Waals surface area contributed by atoms with Crippen molar-refractivity contribution in [3.05, 3.63) is 29.8 Å². The summed E-state index contributed by atoms with van der Waals surface area (Å²) in [6.07, 6.45) is 3.27. The molecular weight excluding hydrogens is 262 g/mol. The SMILES string of the molecule is CN1CCC(CNC(=O)C2CCNc3ccccc32)CC1. The lowest BCUT2D eigenvalue weighted by Crippen LogP contribution is -2.39. The zero-order valence-electron chi connectivity index (χ0n) is 12.8.